The maximum Gasteiger partial charge on any atom is 0.138 e. The van der Waals surface area contributed by atoms with Crippen LogP contribution in [0, 0.1) is 5.82 Å². The van der Waals surface area contributed by atoms with Crippen molar-refractivity contribution < 1.29 is 9.13 Å². The van der Waals surface area contributed by atoms with Crippen molar-refractivity contribution in [3.63, 3.8) is 0 Å². The van der Waals surface area contributed by atoms with Crippen molar-refractivity contribution in [2.45, 2.75) is 13.0 Å². The molecule has 2 aromatic heterocycles. The Bertz CT molecular complexity index is 1110. The van der Waals surface area contributed by atoms with Gasteiger partial charge in [0.15, 0.2) is 0 Å². The lowest BCUT2D eigenvalue weighted by Crippen LogP contribution is -2.24. The van der Waals surface area contributed by atoms with Gasteiger partial charge in [-0.25, -0.2) is 4.39 Å². The highest BCUT2D eigenvalue weighted by Gasteiger charge is 2.15. The molecule has 0 aliphatic heterocycles. The molecule has 0 radical (unpaired) electrons. The van der Waals surface area contributed by atoms with Crippen LogP contribution in [0.2, 0.25) is 5.02 Å². The summed E-state index contributed by atoms with van der Waals surface area (Å²) in [4.78, 5) is 6.98. The van der Waals surface area contributed by atoms with Crippen LogP contribution in [0.5, 0.6) is 5.75 Å². The van der Waals surface area contributed by atoms with Crippen LogP contribution in [0.25, 0.3) is 12.7 Å². The molecule has 0 saturated heterocycles. The summed E-state index contributed by atoms with van der Waals surface area (Å²) in [5, 5.41) is 1.97. The Hall–Kier alpha value is -2.76. The van der Waals surface area contributed by atoms with Gasteiger partial charge in [0.1, 0.15) is 18.2 Å². The summed E-state index contributed by atoms with van der Waals surface area (Å²) < 4.78 is 20.3. The van der Waals surface area contributed by atoms with E-state index in [0.29, 0.717) is 28.3 Å². The van der Waals surface area contributed by atoms with Crippen LogP contribution in [0.4, 0.5) is 4.39 Å². The van der Waals surface area contributed by atoms with Crippen molar-refractivity contribution >= 4 is 35.9 Å². The van der Waals surface area contributed by atoms with E-state index >= 15 is 0 Å². The summed E-state index contributed by atoms with van der Waals surface area (Å²) in [6, 6.07) is 6.54. The SMILES string of the molecule is C=c1[nH]cc(Cc2c(F)ccc(OCc3ccncc3)c2Cl)/c1=C/C(Cl)=C\N. The first-order valence-corrected chi connectivity index (χ1v) is 9.18. The zero-order chi connectivity index (χ0) is 20.1. The number of nitrogens with two attached hydrogens (primary N) is 1. The van der Waals surface area contributed by atoms with Crippen molar-refractivity contribution in [3.05, 3.63) is 92.2 Å². The third-order valence-electron chi connectivity index (χ3n) is 4.19. The molecule has 3 N–H and O–H groups in total. The molecule has 144 valence electrons. The second kappa shape index (κ2) is 8.95. The Balaban J connectivity index is 1.91. The smallest absolute Gasteiger partial charge is 0.138 e. The number of nitrogens with one attached hydrogen (secondary N) is 1. The van der Waals surface area contributed by atoms with Crippen LogP contribution in [-0.2, 0) is 13.0 Å². The van der Waals surface area contributed by atoms with E-state index < -0.39 is 5.82 Å². The summed E-state index contributed by atoms with van der Waals surface area (Å²) in [5.74, 6) is -0.00911. The predicted octanol–water partition coefficient (Wildman–Crippen LogP) is 3.60. The van der Waals surface area contributed by atoms with Gasteiger partial charge in [-0.2, -0.15) is 0 Å². The molecular formula is C21H18Cl2FN3O. The summed E-state index contributed by atoms with van der Waals surface area (Å²) in [6.07, 6.45) is 8.29. The summed E-state index contributed by atoms with van der Waals surface area (Å²) in [7, 11) is 0. The summed E-state index contributed by atoms with van der Waals surface area (Å²) in [5.41, 5.74) is 7.49. The summed E-state index contributed by atoms with van der Waals surface area (Å²) in [6.45, 7) is 4.23. The molecule has 0 amide bonds. The Labute approximate surface area is 171 Å². The first-order valence-electron chi connectivity index (χ1n) is 8.42. The van der Waals surface area contributed by atoms with Crippen molar-refractivity contribution in [1.29, 1.82) is 0 Å². The third-order valence-corrected chi connectivity index (χ3v) is 4.84. The number of ether oxygens (including phenoxy) is 1. The fourth-order valence-electron chi connectivity index (χ4n) is 2.72. The zero-order valence-corrected chi connectivity index (χ0v) is 16.4. The Morgan fingerprint density at radius 3 is 2.75 bits per heavy atom. The van der Waals surface area contributed by atoms with Crippen molar-refractivity contribution in [3.8, 4) is 5.75 Å². The molecule has 0 saturated carbocycles. The largest absolute Gasteiger partial charge is 0.487 e. The molecule has 3 aromatic rings. The van der Waals surface area contributed by atoms with Gasteiger partial charge < -0.3 is 15.5 Å². The quantitative estimate of drug-likeness (QED) is 0.643. The van der Waals surface area contributed by atoms with Gasteiger partial charge in [0, 0.05) is 47.3 Å². The van der Waals surface area contributed by atoms with Crippen LogP contribution < -0.4 is 21.0 Å². The van der Waals surface area contributed by atoms with E-state index in [9.17, 15) is 4.39 Å². The van der Waals surface area contributed by atoms with E-state index in [1.165, 1.54) is 18.3 Å². The van der Waals surface area contributed by atoms with Gasteiger partial charge in [-0.15, -0.1) is 0 Å². The van der Waals surface area contributed by atoms with Crippen LogP contribution >= 0.6 is 23.2 Å². The second-order valence-electron chi connectivity index (χ2n) is 6.06. The fraction of sp³-hybridized carbons (Fsp3) is 0.0952. The number of benzene rings is 1. The van der Waals surface area contributed by atoms with E-state index in [1.807, 2.05) is 12.1 Å². The maximum absolute atomic E-state index is 14.5. The Morgan fingerprint density at radius 1 is 1.29 bits per heavy atom. The molecule has 0 aliphatic rings. The van der Waals surface area contributed by atoms with Gasteiger partial charge in [-0.1, -0.05) is 29.8 Å². The lowest BCUT2D eigenvalue weighted by Gasteiger charge is -2.12. The normalized spacial score (nSPS) is 12.4. The van der Waals surface area contributed by atoms with Crippen molar-refractivity contribution in [2.75, 3.05) is 0 Å². The van der Waals surface area contributed by atoms with Crippen LogP contribution in [0.15, 0.2) is 54.1 Å². The molecule has 0 fully saturated rings. The fourth-order valence-corrected chi connectivity index (χ4v) is 3.10. The molecule has 0 unspecified atom stereocenters. The van der Waals surface area contributed by atoms with E-state index in [-0.39, 0.29) is 11.4 Å². The number of nitrogens with zero attached hydrogens (tertiary/aromatic N) is 1. The molecule has 1 aromatic carbocycles. The highest BCUT2D eigenvalue weighted by atomic mass is 35.5. The molecule has 0 bridgehead atoms. The molecule has 2 heterocycles. The molecule has 0 aliphatic carbocycles. The van der Waals surface area contributed by atoms with Gasteiger partial charge in [0.2, 0.25) is 0 Å². The zero-order valence-electron chi connectivity index (χ0n) is 14.9. The minimum Gasteiger partial charge on any atom is -0.487 e. The Morgan fingerprint density at radius 2 is 2.04 bits per heavy atom. The standard InChI is InChI=1S/C21H18Cl2FN3O/c1-13-17(9-16(22)10-25)15(11-27-13)8-18-19(24)2-3-20(21(18)23)28-12-14-4-6-26-7-5-14/h2-7,9-11,27H,1,8,12,25H2/b16-10+,17-9+. The van der Waals surface area contributed by atoms with Gasteiger partial charge >= 0.3 is 0 Å². The monoisotopic (exact) mass is 417 g/mol. The van der Waals surface area contributed by atoms with E-state index in [4.69, 9.17) is 33.7 Å². The van der Waals surface area contributed by atoms with Gasteiger partial charge in [-0.05, 0) is 41.5 Å². The van der Waals surface area contributed by atoms with Crippen molar-refractivity contribution in [2.24, 2.45) is 5.73 Å². The maximum atomic E-state index is 14.5. The number of aromatic nitrogens is 2. The first-order chi connectivity index (χ1) is 13.5. The summed E-state index contributed by atoms with van der Waals surface area (Å²) >= 11 is 12.5. The molecular weight excluding hydrogens is 400 g/mol. The number of aromatic amines is 1. The molecule has 28 heavy (non-hydrogen) atoms. The predicted molar refractivity (Wildman–Crippen MR) is 111 cm³/mol. The molecule has 4 nitrogen and oxygen atoms in total. The van der Waals surface area contributed by atoms with Crippen LogP contribution in [-0.4, -0.2) is 9.97 Å². The van der Waals surface area contributed by atoms with Gasteiger partial charge in [-0.3, -0.25) is 4.98 Å². The van der Waals surface area contributed by atoms with Crippen LogP contribution in [0.1, 0.15) is 16.7 Å². The van der Waals surface area contributed by atoms with E-state index in [1.54, 1.807) is 24.7 Å². The minimum atomic E-state index is -0.417. The molecule has 0 spiro atoms. The number of halogens is 3. The van der Waals surface area contributed by atoms with Crippen LogP contribution in [0.3, 0.4) is 0 Å². The number of pyridine rings is 1. The highest BCUT2D eigenvalue weighted by Crippen LogP contribution is 2.32. The van der Waals surface area contributed by atoms with E-state index in [2.05, 4.69) is 16.5 Å². The molecule has 0 atom stereocenters. The van der Waals surface area contributed by atoms with Gasteiger partial charge in [0.25, 0.3) is 0 Å². The van der Waals surface area contributed by atoms with Crippen molar-refractivity contribution in [1.82, 2.24) is 9.97 Å². The topological polar surface area (TPSA) is 63.9 Å². The average Bonchev–Trinajstić information content (AvgIpc) is 3.04. The Kier molecular flexibility index (Phi) is 6.39. The van der Waals surface area contributed by atoms with E-state index in [0.717, 1.165) is 16.3 Å². The highest BCUT2D eigenvalue weighted by molar-refractivity contribution is 6.34. The number of hydrogen-bond acceptors (Lipinski definition) is 3. The third kappa shape index (κ3) is 4.55. The first kappa shape index (κ1) is 20.0. The number of rotatable bonds is 6. The number of allylic oxidation sites excluding steroid dienone is 1. The molecule has 7 heteroatoms. The van der Waals surface area contributed by atoms with Gasteiger partial charge in [0.05, 0.1) is 10.1 Å². The average molecular weight is 418 g/mol. The molecule has 3 rings (SSSR count). The number of hydrogen-bond donors (Lipinski definition) is 2. The number of H-pyrrole nitrogens is 1. The second-order valence-corrected chi connectivity index (χ2v) is 6.88. The lowest BCUT2D eigenvalue weighted by molar-refractivity contribution is 0.305. The lowest BCUT2D eigenvalue weighted by atomic mass is 10.0. The minimum absolute atomic E-state index is 0.229.